The molecule has 2 nitrogen and oxygen atoms in total. The molecule has 2 atom stereocenters. The van der Waals surface area contributed by atoms with Crippen molar-refractivity contribution in [1.82, 2.24) is 9.47 Å². The Morgan fingerprint density at radius 3 is 2.60 bits per heavy atom. The third-order valence-corrected chi connectivity index (χ3v) is 5.02. The Labute approximate surface area is 121 Å². The molecular formula is C18H22N2. The van der Waals surface area contributed by atoms with Crippen molar-refractivity contribution in [2.24, 2.45) is 0 Å². The van der Waals surface area contributed by atoms with E-state index in [4.69, 9.17) is 0 Å². The highest BCUT2D eigenvalue weighted by Crippen LogP contribution is 2.43. The van der Waals surface area contributed by atoms with Gasteiger partial charge in [-0.3, -0.25) is 4.90 Å². The molecule has 2 heteroatoms. The van der Waals surface area contributed by atoms with Gasteiger partial charge in [0.05, 0.1) is 6.04 Å². The van der Waals surface area contributed by atoms with Crippen LogP contribution in [0.15, 0.2) is 42.6 Å². The van der Waals surface area contributed by atoms with Gasteiger partial charge in [-0.25, -0.2) is 0 Å². The van der Waals surface area contributed by atoms with Crippen molar-refractivity contribution in [3.8, 4) is 0 Å². The van der Waals surface area contributed by atoms with Crippen LogP contribution in [0.2, 0.25) is 0 Å². The van der Waals surface area contributed by atoms with Crippen molar-refractivity contribution >= 4 is 0 Å². The summed E-state index contributed by atoms with van der Waals surface area (Å²) < 4.78 is 2.44. The first-order valence-electron chi connectivity index (χ1n) is 7.80. The number of aryl methyl sites for hydroxylation is 1. The predicted molar refractivity (Wildman–Crippen MR) is 81.7 cm³/mol. The first kappa shape index (κ1) is 12.2. The van der Waals surface area contributed by atoms with E-state index in [-0.39, 0.29) is 0 Å². The molecule has 1 aromatic carbocycles. The maximum Gasteiger partial charge on any atom is 0.0507 e. The number of rotatable bonds is 1. The number of hydrogen-bond acceptors (Lipinski definition) is 1. The Kier molecular flexibility index (Phi) is 2.92. The quantitative estimate of drug-likeness (QED) is 0.755. The largest absolute Gasteiger partial charge is 0.349 e. The highest BCUT2D eigenvalue weighted by atomic mass is 15.3. The van der Waals surface area contributed by atoms with Crippen LogP contribution in [0.5, 0.6) is 0 Å². The van der Waals surface area contributed by atoms with Crippen molar-refractivity contribution in [3.63, 3.8) is 0 Å². The summed E-state index contributed by atoms with van der Waals surface area (Å²) in [5.41, 5.74) is 4.38. The van der Waals surface area contributed by atoms with Gasteiger partial charge in [0.2, 0.25) is 0 Å². The second-order valence-electron chi connectivity index (χ2n) is 6.24. The molecule has 0 N–H and O–H groups in total. The van der Waals surface area contributed by atoms with E-state index in [0.29, 0.717) is 12.1 Å². The molecule has 1 saturated heterocycles. The molecule has 2 aromatic rings. The van der Waals surface area contributed by atoms with Crippen LogP contribution >= 0.6 is 0 Å². The van der Waals surface area contributed by atoms with Gasteiger partial charge in [-0.05, 0) is 43.9 Å². The topological polar surface area (TPSA) is 8.17 Å². The van der Waals surface area contributed by atoms with E-state index >= 15 is 0 Å². The Hall–Kier alpha value is -1.54. The average molecular weight is 266 g/mol. The molecule has 3 heterocycles. The molecule has 1 aromatic heterocycles. The monoisotopic (exact) mass is 266 g/mol. The summed E-state index contributed by atoms with van der Waals surface area (Å²) in [5, 5.41) is 0. The van der Waals surface area contributed by atoms with Gasteiger partial charge in [-0.2, -0.15) is 0 Å². The standard InChI is InChI=1S/C18H22N2/c1-14-7-9-15(10-8-14)16-4-2-5-18-17-6-3-11-19(17)12-13-20(16)18/h3,6-11,16,18H,2,4-5,12-13H2,1H3/t16-,18-/m0/s1. The second kappa shape index (κ2) is 4.78. The summed E-state index contributed by atoms with van der Waals surface area (Å²) >= 11 is 0. The van der Waals surface area contributed by atoms with Gasteiger partial charge in [-0.1, -0.05) is 29.8 Å². The third-order valence-electron chi connectivity index (χ3n) is 5.02. The van der Waals surface area contributed by atoms with E-state index in [1.54, 1.807) is 0 Å². The normalized spacial score (nSPS) is 26.1. The van der Waals surface area contributed by atoms with Crippen molar-refractivity contribution in [2.45, 2.75) is 44.8 Å². The Morgan fingerprint density at radius 1 is 0.950 bits per heavy atom. The molecule has 0 radical (unpaired) electrons. The Morgan fingerprint density at radius 2 is 1.75 bits per heavy atom. The zero-order valence-corrected chi connectivity index (χ0v) is 12.1. The minimum Gasteiger partial charge on any atom is -0.349 e. The first-order chi connectivity index (χ1) is 9.83. The predicted octanol–water partition coefficient (Wildman–Crippen LogP) is 4.08. The maximum absolute atomic E-state index is 2.74. The minimum atomic E-state index is 0.609. The molecule has 104 valence electrons. The van der Waals surface area contributed by atoms with Gasteiger partial charge in [0.25, 0.3) is 0 Å². The van der Waals surface area contributed by atoms with Crippen LogP contribution in [0.1, 0.15) is 48.2 Å². The van der Waals surface area contributed by atoms with Crippen LogP contribution in [0.4, 0.5) is 0 Å². The summed E-state index contributed by atoms with van der Waals surface area (Å²) in [6.07, 6.45) is 6.19. The Bertz CT molecular complexity index is 596. The van der Waals surface area contributed by atoms with Crippen LogP contribution in [0.3, 0.4) is 0 Å². The first-order valence-corrected chi connectivity index (χ1v) is 7.80. The zero-order valence-electron chi connectivity index (χ0n) is 12.1. The van der Waals surface area contributed by atoms with Crippen LogP contribution in [0, 0.1) is 6.92 Å². The summed E-state index contributed by atoms with van der Waals surface area (Å²) in [5.74, 6) is 0. The SMILES string of the molecule is Cc1ccc([C@@H]2CCC[C@H]3c4cccn4CCN23)cc1. The minimum absolute atomic E-state index is 0.609. The van der Waals surface area contributed by atoms with Crippen LogP contribution in [-0.4, -0.2) is 16.0 Å². The molecule has 0 aliphatic carbocycles. The van der Waals surface area contributed by atoms with Gasteiger partial charge in [0.1, 0.15) is 0 Å². The molecule has 2 aliphatic rings. The number of fused-ring (bicyclic) bond motifs is 3. The van der Waals surface area contributed by atoms with Crippen LogP contribution in [-0.2, 0) is 6.54 Å². The number of aromatic nitrogens is 1. The number of hydrogen-bond donors (Lipinski definition) is 0. The molecule has 1 fully saturated rings. The van der Waals surface area contributed by atoms with Crippen molar-refractivity contribution < 1.29 is 0 Å². The lowest BCUT2D eigenvalue weighted by Crippen LogP contribution is -2.42. The van der Waals surface area contributed by atoms with Crippen molar-refractivity contribution in [1.29, 1.82) is 0 Å². The van der Waals surface area contributed by atoms with E-state index in [0.717, 1.165) is 6.54 Å². The number of nitrogens with zero attached hydrogens (tertiary/aromatic N) is 2. The fourth-order valence-corrected chi connectivity index (χ4v) is 3.99. The summed E-state index contributed by atoms with van der Waals surface area (Å²) in [4.78, 5) is 2.74. The maximum atomic E-state index is 2.74. The fraction of sp³-hybridized carbons (Fsp3) is 0.444. The van der Waals surface area contributed by atoms with Gasteiger partial charge in [0.15, 0.2) is 0 Å². The van der Waals surface area contributed by atoms with E-state index in [2.05, 4.69) is 59.0 Å². The summed E-state index contributed by atoms with van der Waals surface area (Å²) in [7, 11) is 0. The van der Waals surface area contributed by atoms with Gasteiger partial charge < -0.3 is 4.57 Å². The van der Waals surface area contributed by atoms with E-state index in [9.17, 15) is 0 Å². The molecule has 20 heavy (non-hydrogen) atoms. The lowest BCUT2D eigenvalue weighted by Gasteiger charge is -2.45. The zero-order chi connectivity index (χ0) is 13.5. The van der Waals surface area contributed by atoms with Gasteiger partial charge >= 0.3 is 0 Å². The fourth-order valence-electron chi connectivity index (χ4n) is 3.99. The summed E-state index contributed by atoms with van der Waals surface area (Å²) in [6.45, 7) is 4.49. The highest BCUT2D eigenvalue weighted by molar-refractivity contribution is 5.26. The molecule has 0 saturated carbocycles. The second-order valence-corrected chi connectivity index (χ2v) is 6.24. The van der Waals surface area contributed by atoms with Gasteiger partial charge in [-0.15, -0.1) is 0 Å². The van der Waals surface area contributed by atoms with Crippen LogP contribution in [0.25, 0.3) is 0 Å². The molecular weight excluding hydrogens is 244 g/mol. The van der Waals surface area contributed by atoms with Crippen LogP contribution < -0.4 is 0 Å². The van der Waals surface area contributed by atoms with E-state index < -0.39 is 0 Å². The molecule has 4 rings (SSSR count). The number of benzene rings is 1. The smallest absolute Gasteiger partial charge is 0.0507 e. The molecule has 0 spiro atoms. The van der Waals surface area contributed by atoms with Crippen molar-refractivity contribution in [2.75, 3.05) is 6.54 Å². The molecule has 0 bridgehead atoms. The lowest BCUT2D eigenvalue weighted by molar-refractivity contribution is 0.0562. The Balaban J connectivity index is 1.68. The van der Waals surface area contributed by atoms with E-state index in [1.807, 2.05) is 0 Å². The van der Waals surface area contributed by atoms with Gasteiger partial charge in [0, 0.05) is 31.0 Å². The van der Waals surface area contributed by atoms with E-state index in [1.165, 1.54) is 42.6 Å². The molecule has 0 amide bonds. The molecule has 0 unspecified atom stereocenters. The van der Waals surface area contributed by atoms with Crippen molar-refractivity contribution in [3.05, 3.63) is 59.4 Å². The average Bonchev–Trinajstić information content (AvgIpc) is 2.96. The summed E-state index contributed by atoms with van der Waals surface area (Å²) in [6, 6.07) is 14.9. The lowest BCUT2D eigenvalue weighted by atomic mass is 9.88. The molecule has 2 aliphatic heterocycles. The highest BCUT2D eigenvalue weighted by Gasteiger charge is 2.35. The number of piperidine rings is 1. The third kappa shape index (κ3) is 1.90.